The third-order valence-corrected chi connectivity index (χ3v) is 5.75. The summed E-state index contributed by atoms with van der Waals surface area (Å²) in [7, 11) is 0. The molecule has 1 aliphatic rings. The lowest BCUT2D eigenvalue weighted by molar-refractivity contribution is 0.0510. The van der Waals surface area contributed by atoms with E-state index in [0.29, 0.717) is 30.3 Å². The zero-order valence-electron chi connectivity index (χ0n) is 16.0. The van der Waals surface area contributed by atoms with Gasteiger partial charge in [0.1, 0.15) is 5.69 Å². The highest BCUT2D eigenvalue weighted by atomic mass is 32.1. The van der Waals surface area contributed by atoms with E-state index in [1.165, 1.54) is 11.3 Å². The monoisotopic (exact) mass is 390 g/mol. The van der Waals surface area contributed by atoms with E-state index in [-0.39, 0.29) is 18.0 Å². The maximum Gasteiger partial charge on any atom is 0.355 e. The third-order valence-electron chi connectivity index (χ3n) is 4.89. The molecule has 6 nitrogen and oxygen atoms in total. The number of carbonyl (C=O) groups is 2. The highest BCUT2D eigenvalue weighted by molar-refractivity contribution is 7.12. The zero-order valence-corrected chi connectivity index (χ0v) is 16.9. The van der Waals surface area contributed by atoms with Gasteiger partial charge in [0, 0.05) is 25.4 Å². The predicted molar refractivity (Wildman–Crippen MR) is 104 cm³/mol. The van der Waals surface area contributed by atoms with Crippen molar-refractivity contribution < 1.29 is 19.1 Å². The van der Waals surface area contributed by atoms with Crippen LogP contribution >= 0.6 is 11.3 Å². The van der Waals surface area contributed by atoms with Crippen LogP contribution in [-0.2, 0) is 16.0 Å². The Balaban J connectivity index is 1.85. The van der Waals surface area contributed by atoms with Crippen molar-refractivity contribution in [3.63, 3.8) is 0 Å². The number of nitrogens with one attached hydrogen (secondary N) is 1. The van der Waals surface area contributed by atoms with Gasteiger partial charge in [-0.3, -0.25) is 4.79 Å². The number of aromatic nitrogens is 1. The van der Waals surface area contributed by atoms with Gasteiger partial charge in [0.25, 0.3) is 5.91 Å². The average molecular weight is 391 g/mol. The van der Waals surface area contributed by atoms with E-state index in [1.54, 1.807) is 6.92 Å². The molecule has 3 heterocycles. The number of esters is 1. The SMILES string of the molecule is CCOC(=O)c1[nH]c(C)c(CN(C[C@@H]2CCCO2)C(=O)c2cccs2)c1C. The van der Waals surface area contributed by atoms with E-state index in [9.17, 15) is 9.59 Å². The number of ether oxygens (including phenoxy) is 2. The molecule has 1 fully saturated rings. The molecule has 0 bridgehead atoms. The number of thiophene rings is 1. The molecule has 1 N–H and O–H groups in total. The lowest BCUT2D eigenvalue weighted by Gasteiger charge is -2.25. The Kier molecular flexibility index (Phi) is 6.34. The first-order valence-corrected chi connectivity index (χ1v) is 10.2. The smallest absolute Gasteiger partial charge is 0.355 e. The predicted octanol–water partition coefficient (Wildman–Crippen LogP) is 3.69. The topological polar surface area (TPSA) is 71.6 Å². The van der Waals surface area contributed by atoms with Gasteiger partial charge in [0.15, 0.2) is 0 Å². The van der Waals surface area contributed by atoms with Crippen LogP contribution in [0.15, 0.2) is 17.5 Å². The fourth-order valence-corrected chi connectivity index (χ4v) is 4.12. The molecule has 0 spiro atoms. The Labute approximate surface area is 163 Å². The van der Waals surface area contributed by atoms with Crippen molar-refractivity contribution in [3.8, 4) is 0 Å². The van der Waals surface area contributed by atoms with Gasteiger partial charge in [-0.05, 0) is 56.2 Å². The number of H-pyrrole nitrogens is 1. The van der Waals surface area contributed by atoms with Gasteiger partial charge in [-0.2, -0.15) is 0 Å². The van der Waals surface area contributed by atoms with Crippen LogP contribution in [0, 0.1) is 13.8 Å². The Morgan fingerprint density at radius 1 is 1.41 bits per heavy atom. The maximum atomic E-state index is 13.0. The van der Waals surface area contributed by atoms with Crippen molar-refractivity contribution in [2.24, 2.45) is 0 Å². The molecule has 2 aromatic rings. The lowest BCUT2D eigenvalue weighted by Crippen LogP contribution is -2.36. The van der Waals surface area contributed by atoms with Crippen LogP contribution in [-0.4, -0.2) is 47.6 Å². The minimum Gasteiger partial charge on any atom is -0.461 e. The van der Waals surface area contributed by atoms with Gasteiger partial charge in [0.2, 0.25) is 0 Å². The van der Waals surface area contributed by atoms with Crippen LogP contribution in [0.25, 0.3) is 0 Å². The molecule has 146 valence electrons. The number of aromatic amines is 1. The molecular weight excluding hydrogens is 364 g/mol. The molecule has 2 aromatic heterocycles. The van der Waals surface area contributed by atoms with Crippen molar-refractivity contribution in [2.45, 2.75) is 46.3 Å². The largest absolute Gasteiger partial charge is 0.461 e. The first kappa shape index (κ1) is 19.6. The number of rotatable bonds is 7. The molecule has 1 saturated heterocycles. The molecular formula is C20H26N2O4S. The number of aryl methyl sites for hydroxylation is 1. The Hall–Kier alpha value is -2.12. The summed E-state index contributed by atoms with van der Waals surface area (Å²) >= 11 is 1.44. The number of amides is 1. The van der Waals surface area contributed by atoms with E-state index in [1.807, 2.05) is 36.3 Å². The van der Waals surface area contributed by atoms with Crippen molar-refractivity contribution in [1.82, 2.24) is 9.88 Å². The average Bonchev–Trinajstić information content (AvgIpc) is 3.39. The molecule has 0 aromatic carbocycles. The van der Waals surface area contributed by atoms with Crippen LogP contribution < -0.4 is 0 Å². The molecule has 0 saturated carbocycles. The summed E-state index contributed by atoms with van der Waals surface area (Å²) in [6.45, 7) is 7.66. The summed E-state index contributed by atoms with van der Waals surface area (Å²) in [4.78, 5) is 30.9. The zero-order chi connectivity index (χ0) is 19.4. The minimum atomic E-state index is -0.361. The minimum absolute atomic E-state index is 0.00168. The van der Waals surface area contributed by atoms with Crippen molar-refractivity contribution >= 4 is 23.2 Å². The summed E-state index contributed by atoms with van der Waals surface area (Å²) in [6.07, 6.45) is 2.06. The van der Waals surface area contributed by atoms with E-state index < -0.39 is 0 Å². The summed E-state index contributed by atoms with van der Waals surface area (Å²) in [6, 6.07) is 3.73. The van der Waals surface area contributed by atoms with Crippen LogP contribution in [0.2, 0.25) is 0 Å². The molecule has 1 aliphatic heterocycles. The highest BCUT2D eigenvalue weighted by Crippen LogP contribution is 2.24. The van der Waals surface area contributed by atoms with Crippen molar-refractivity contribution in [2.75, 3.05) is 19.8 Å². The first-order chi connectivity index (χ1) is 13.0. The Morgan fingerprint density at radius 2 is 2.22 bits per heavy atom. The fraction of sp³-hybridized carbons (Fsp3) is 0.500. The van der Waals surface area contributed by atoms with Crippen LogP contribution in [0.3, 0.4) is 0 Å². The highest BCUT2D eigenvalue weighted by Gasteiger charge is 2.27. The van der Waals surface area contributed by atoms with Gasteiger partial charge < -0.3 is 19.4 Å². The quantitative estimate of drug-likeness (QED) is 0.732. The van der Waals surface area contributed by atoms with Crippen molar-refractivity contribution in [1.29, 1.82) is 0 Å². The van der Waals surface area contributed by atoms with Crippen LogP contribution in [0.4, 0.5) is 0 Å². The van der Waals surface area contributed by atoms with E-state index in [2.05, 4.69) is 4.98 Å². The van der Waals surface area contributed by atoms with Gasteiger partial charge in [-0.15, -0.1) is 11.3 Å². The molecule has 1 atom stereocenters. The molecule has 0 aliphatic carbocycles. The van der Waals surface area contributed by atoms with Gasteiger partial charge >= 0.3 is 5.97 Å². The summed E-state index contributed by atoms with van der Waals surface area (Å²) in [5, 5.41) is 1.91. The Morgan fingerprint density at radius 3 is 2.85 bits per heavy atom. The van der Waals surface area contributed by atoms with Crippen LogP contribution in [0.1, 0.15) is 56.7 Å². The molecule has 27 heavy (non-hydrogen) atoms. The number of hydrogen-bond donors (Lipinski definition) is 1. The normalized spacial score (nSPS) is 16.5. The second-order valence-electron chi connectivity index (χ2n) is 6.75. The van der Waals surface area contributed by atoms with Gasteiger partial charge in [-0.1, -0.05) is 6.07 Å². The maximum absolute atomic E-state index is 13.0. The Bertz CT molecular complexity index is 791. The number of hydrogen-bond acceptors (Lipinski definition) is 5. The summed E-state index contributed by atoms with van der Waals surface area (Å²) in [5.41, 5.74) is 3.14. The van der Waals surface area contributed by atoms with E-state index >= 15 is 0 Å². The summed E-state index contributed by atoms with van der Waals surface area (Å²) < 4.78 is 10.9. The molecule has 0 radical (unpaired) electrons. The summed E-state index contributed by atoms with van der Waals surface area (Å²) in [5.74, 6) is -0.363. The fourth-order valence-electron chi connectivity index (χ4n) is 3.43. The second-order valence-corrected chi connectivity index (χ2v) is 7.69. The van der Waals surface area contributed by atoms with Crippen LogP contribution in [0.5, 0.6) is 0 Å². The van der Waals surface area contributed by atoms with E-state index in [4.69, 9.17) is 9.47 Å². The van der Waals surface area contributed by atoms with Gasteiger partial charge in [-0.25, -0.2) is 4.79 Å². The standard InChI is InChI=1S/C20H26N2O4S/c1-4-25-20(24)18-13(2)16(14(3)21-18)12-22(11-15-7-5-9-26-15)19(23)17-8-6-10-27-17/h6,8,10,15,21H,4-5,7,9,11-12H2,1-3H3/t15-/m0/s1. The molecule has 7 heteroatoms. The second kappa shape index (κ2) is 8.71. The third kappa shape index (κ3) is 4.42. The molecule has 0 unspecified atom stereocenters. The van der Waals surface area contributed by atoms with Crippen molar-refractivity contribution in [3.05, 3.63) is 44.9 Å². The van der Waals surface area contributed by atoms with Gasteiger partial charge in [0.05, 0.1) is 17.6 Å². The number of nitrogens with zero attached hydrogens (tertiary/aromatic N) is 1. The first-order valence-electron chi connectivity index (χ1n) is 9.30. The molecule has 3 rings (SSSR count). The number of carbonyl (C=O) groups excluding carboxylic acids is 2. The lowest BCUT2D eigenvalue weighted by atomic mass is 10.1. The van der Waals surface area contributed by atoms with E-state index in [0.717, 1.165) is 36.3 Å². The molecule has 1 amide bonds.